The number of H-pyrrole nitrogens is 1. The molecule has 0 saturated carbocycles. The molecule has 2 aromatic rings. The smallest absolute Gasteiger partial charge is 0.352 e. The van der Waals surface area contributed by atoms with Crippen molar-refractivity contribution in [2.24, 2.45) is 0 Å². The van der Waals surface area contributed by atoms with Crippen LogP contribution in [0.1, 0.15) is 37.7 Å². The van der Waals surface area contributed by atoms with Crippen LogP contribution in [0.2, 0.25) is 0 Å². The number of carboxylic acid groups (broad SMARTS) is 1. The lowest BCUT2D eigenvalue weighted by Crippen LogP contribution is -2.01. The Hall–Kier alpha value is -3.02. The maximum atomic E-state index is 12.3. The van der Waals surface area contributed by atoms with E-state index in [-0.39, 0.29) is 17.2 Å². The first-order chi connectivity index (χ1) is 10.8. The molecule has 120 valence electrons. The van der Waals surface area contributed by atoms with Crippen molar-refractivity contribution in [2.75, 3.05) is 7.11 Å². The number of aromatic carboxylic acids is 1. The number of carbonyl (C=O) groups is 2. The van der Waals surface area contributed by atoms with E-state index in [1.165, 1.54) is 19.3 Å². The van der Waals surface area contributed by atoms with Crippen LogP contribution >= 0.6 is 0 Å². The van der Waals surface area contributed by atoms with Crippen LogP contribution in [0, 0.1) is 13.8 Å². The van der Waals surface area contributed by atoms with Crippen LogP contribution in [-0.2, 0) is 0 Å². The second-order valence-corrected chi connectivity index (χ2v) is 5.06. The zero-order valence-corrected chi connectivity index (χ0v) is 13.0. The number of carboxylic acids is 1. The predicted molar refractivity (Wildman–Crippen MR) is 85.2 cm³/mol. The number of phenols is 1. The molecule has 2 rings (SSSR count). The van der Waals surface area contributed by atoms with Crippen molar-refractivity contribution in [1.29, 1.82) is 0 Å². The van der Waals surface area contributed by atoms with Crippen molar-refractivity contribution < 1.29 is 24.5 Å². The van der Waals surface area contributed by atoms with Crippen molar-refractivity contribution in [3.05, 3.63) is 52.4 Å². The van der Waals surface area contributed by atoms with Crippen LogP contribution in [0.4, 0.5) is 0 Å². The molecule has 0 aliphatic carbocycles. The highest BCUT2D eigenvalue weighted by Gasteiger charge is 2.19. The second kappa shape index (κ2) is 6.39. The molecule has 0 saturated heterocycles. The molecule has 0 atom stereocenters. The molecule has 6 nitrogen and oxygen atoms in total. The number of aryl methyl sites for hydroxylation is 1. The van der Waals surface area contributed by atoms with Gasteiger partial charge >= 0.3 is 5.97 Å². The number of ketones is 1. The SMILES string of the molecule is COc1ccc(/C=C/C(=O)c2c(C)[nH]c(C(=O)O)c2C)cc1O. The Balaban J connectivity index is 2.29. The number of ether oxygens (including phenoxy) is 1. The Kier molecular flexibility index (Phi) is 4.55. The number of benzene rings is 1. The number of phenolic OH excluding ortho intramolecular Hbond substituents is 1. The largest absolute Gasteiger partial charge is 0.504 e. The van der Waals surface area contributed by atoms with Gasteiger partial charge in [0, 0.05) is 11.3 Å². The van der Waals surface area contributed by atoms with Gasteiger partial charge in [-0.3, -0.25) is 4.79 Å². The predicted octanol–water partition coefficient (Wildman–Crippen LogP) is 2.94. The summed E-state index contributed by atoms with van der Waals surface area (Å²) in [6.07, 6.45) is 2.89. The van der Waals surface area contributed by atoms with Gasteiger partial charge < -0.3 is 19.9 Å². The molecule has 0 fully saturated rings. The summed E-state index contributed by atoms with van der Waals surface area (Å²) in [6.45, 7) is 3.24. The molecule has 0 aliphatic heterocycles. The van der Waals surface area contributed by atoms with E-state index in [1.807, 2.05) is 0 Å². The van der Waals surface area contributed by atoms with Crippen molar-refractivity contribution in [1.82, 2.24) is 4.98 Å². The highest BCUT2D eigenvalue weighted by molar-refractivity contribution is 6.10. The molecule has 0 spiro atoms. The van der Waals surface area contributed by atoms with Gasteiger partial charge in [0.15, 0.2) is 17.3 Å². The molecule has 1 aromatic carbocycles. The van der Waals surface area contributed by atoms with E-state index in [9.17, 15) is 14.7 Å². The number of nitrogens with one attached hydrogen (secondary N) is 1. The molecule has 23 heavy (non-hydrogen) atoms. The van der Waals surface area contributed by atoms with Gasteiger partial charge in [-0.1, -0.05) is 12.1 Å². The minimum Gasteiger partial charge on any atom is -0.504 e. The van der Waals surface area contributed by atoms with Crippen LogP contribution in [0.5, 0.6) is 11.5 Å². The van der Waals surface area contributed by atoms with E-state index in [2.05, 4.69) is 4.98 Å². The van der Waals surface area contributed by atoms with Gasteiger partial charge in [0.05, 0.1) is 7.11 Å². The lowest BCUT2D eigenvalue weighted by Gasteiger charge is -2.03. The van der Waals surface area contributed by atoms with E-state index in [1.54, 1.807) is 32.1 Å². The summed E-state index contributed by atoms with van der Waals surface area (Å²) in [5.74, 6) is -1.09. The summed E-state index contributed by atoms with van der Waals surface area (Å²) in [7, 11) is 1.45. The number of carbonyl (C=O) groups excluding carboxylic acids is 1. The van der Waals surface area contributed by atoms with Crippen molar-refractivity contribution in [3.63, 3.8) is 0 Å². The average Bonchev–Trinajstić information content (AvgIpc) is 2.80. The normalized spacial score (nSPS) is 10.9. The summed E-state index contributed by atoms with van der Waals surface area (Å²) in [4.78, 5) is 26.1. The fourth-order valence-electron chi connectivity index (χ4n) is 2.40. The van der Waals surface area contributed by atoms with Crippen LogP contribution in [0.25, 0.3) is 6.08 Å². The van der Waals surface area contributed by atoms with Crippen molar-refractivity contribution in [2.45, 2.75) is 13.8 Å². The fourth-order valence-corrected chi connectivity index (χ4v) is 2.40. The Morgan fingerprint density at radius 3 is 2.48 bits per heavy atom. The molecule has 6 heteroatoms. The van der Waals surface area contributed by atoms with Crippen LogP contribution in [-0.4, -0.2) is 34.1 Å². The highest BCUT2D eigenvalue weighted by Crippen LogP contribution is 2.27. The molecule has 0 aliphatic rings. The number of allylic oxidation sites excluding steroid dienone is 1. The minimum atomic E-state index is -1.10. The van der Waals surface area contributed by atoms with Gasteiger partial charge in [0.1, 0.15) is 5.69 Å². The summed E-state index contributed by atoms with van der Waals surface area (Å²) >= 11 is 0. The molecule has 0 unspecified atom stereocenters. The molecular weight excluding hydrogens is 298 g/mol. The molecular formula is C17H17NO5. The van der Waals surface area contributed by atoms with E-state index in [0.29, 0.717) is 28.1 Å². The molecule has 1 aromatic heterocycles. The third kappa shape index (κ3) is 3.26. The summed E-state index contributed by atoms with van der Waals surface area (Å²) in [5.41, 5.74) is 1.90. The van der Waals surface area contributed by atoms with Gasteiger partial charge in [-0.05, 0) is 43.2 Å². The van der Waals surface area contributed by atoms with Crippen molar-refractivity contribution in [3.8, 4) is 11.5 Å². The van der Waals surface area contributed by atoms with Gasteiger partial charge in [0.2, 0.25) is 0 Å². The summed E-state index contributed by atoms with van der Waals surface area (Å²) < 4.78 is 4.95. The third-order valence-corrected chi connectivity index (χ3v) is 3.53. The van der Waals surface area contributed by atoms with E-state index in [0.717, 1.165) is 0 Å². The summed E-state index contributed by atoms with van der Waals surface area (Å²) in [6, 6.07) is 4.76. The standard InChI is InChI=1S/C17H17NO5/c1-9-15(10(2)18-16(9)17(21)22)12(19)6-4-11-5-7-14(23-3)13(20)8-11/h4-8,18,20H,1-3H3,(H,21,22)/b6-4+. The van der Waals surface area contributed by atoms with Gasteiger partial charge in [-0.2, -0.15) is 0 Å². The fraction of sp³-hybridized carbons (Fsp3) is 0.176. The Morgan fingerprint density at radius 1 is 1.26 bits per heavy atom. The van der Waals surface area contributed by atoms with E-state index in [4.69, 9.17) is 9.84 Å². The number of rotatable bonds is 5. The first-order valence-corrected chi connectivity index (χ1v) is 6.87. The van der Waals surface area contributed by atoms with Crippen LogP contribution in [0.3, 0.4) is 0 Å². The number of hydrogen-bond acceptors (Lipinski definition) is 4. The Bertz CT molecular complexity index is 802. The van der Waals surface area contributed by atoms with Gasteiger partial charge in [-0.25, -0.2) is 4.79 Å². The monoisotopic (exact) mass is 315 g/mol. The molecule has 0 amide bonds. The quantitative estimate of drug-likeness (QED) is 0.582. The van der Waals surface area contributed by atoms with Gasteiger partial charge in [0.25, 0.3) is 0 Å². The topological polar surface area (TPSA) is 99.6 Å². The minimum absolute atomic E-state index is 0.0151. The lowest BCUT2D eigenvalue weighted by molar-refractivity contribution is 0.0690. The summed E-state index contributed by atoms with van der Waals surface area (Å²) in [5, 5.41) is 18.8. The third-order valence-electron chi connectivity index (χ3n) is 3.53. The molecule has 3 N–H and O–H groups in total. The maximum Gasteiger partial charge on any atom is 0.352 e. The Morgan fingerprint density at radius 2 is 1.96 bits per heavy atom. The maximum absolute atomic E-state index is 12.3. The Labute approximate surface area is 133 Å². The van der Waals surface area contributed by atoms with E-state index >= 15 is 0 Å². The van der Waals surface area contributed by atoms with Crippen molar-refractivity contribution >= 4 is 17.8 Å². The second-order valence-electron chi connectivity index (χ2n) is 5.06. The number of aromatic nitrogens is 1. The van der Waals surface area contributed by atoms with Crippen LogP contribution in [0.15, 0.2) is 24.3 Å². The zero-order valence-electron chi connectivity index (χ0n) is 13.0. The first-order valence-electron chi connectivity index (χ1n) is 6.87. The lowest BCUT2D eigenvalue weighted by atomic mass is 10.0. The number of methoxy groups -OCH3 is 1. The first kappa shape index (κ1) is 16.4. The van der Waals surface area contributed by atoms with Crippen LogP contribution < -0.4 is 4.74 Å². The van der Waals surface area contributed by atoms with E-state index < -0.39 is 5.97 Å². The molecule has 1 heterocycles. The highest BCUT2D eigenvalue weighted by atomic mass is 16.5. The average molecular weight is 315 g/mol. The zero-order chi connectivity index (χ0) is 17.1. The molecule has 0 bridgehead atoms. The number of aromatic amines is 1. The van der Waals surface area contributed by atoms with Gasteiger partial charge in [-0.15, -0.1) is 0 Å². The molecule has 0 radical (unpaired) electrons. The number of hydrogen-bond donors (Lipinski definition) is 3. The number of aromatic hydroxyl groups is 1.